The summed E-state index contributed by atoms with van der Waals surface area (Å²) < 4.78 is 15.6. The van der Waals surface area contributed by atoms with Gasteiger partial charge in [-0.25, -0.2) is 9.59 Å². The number of hydrogen-bond donors (Lipinski definition) is 0. The first-order valence-corrected chi connectivity index (χ1v) is 7.24. The van der Waals surface area contributed by atoms with Crippen LogP contribution in [0.1, 0.15) is 5.56 Å². The largest absolute Gasteiger partial charge is 0.482 e. The minimum absolute atomic E-state index is 0.231. The number of carbonyl (C=O) groups is 1. The number of esters is 1. The lowest BCUT2D eigenvalue weighted by atomic mass is 10.2. The first-order valence-electron chi connectivity index (χ1n) is 7.24. The van der Waals surface area contributed by atoms with Crippen molar-refractivity contribution in [2.24, 2.45) is 0 Å². The Morgan fingerprint density at radius 3 is 2.54 bits per heavy atom. The molecule has 0 N–H and O–H groups in total. The Hall–Kier alpha value is -3.34. The van der Waals surface area contributed by atoms with Crippen molar-refractivity contribution >= 4 is 23.0 Å². The van der Waals surface area contributed by atoms with E-state index in [0.717, 1.165) is 5.56 Å². The monoisotopic (exact) mass is 322 g/mol. The average Bonchev–Trinajstić information content (AvgIpc) is 2.60. The zero-order valence-corrected chi connectivity index (χ0v) is 12.7. The van der Waals surface area contributed by atoms with Crippen molar-refractivity contribution in [3.8, 4) is 11.5 Å². The average molecular weight is 322 g/mol. The van der Waals surface area contributed by atoms with E-state index in [0.29, 0.717) is 22.5 Å². The summed E-state index contributed by atoms with van der Waals surface area (Å²) in [7, 11) is 0. The predicted octanol–water partition coefficient (Wildman–Crippen LogP) is 3.42. The van der Waals surface area contributed by atoms with Gasteiger partial charge in [0.15, 0.2) is 6.61 Å². The van der Waals surface area contributed by atoms with Crippen molar-refractivity contribution in [1.29, 1.82) is 0 Å². The molecule has 0 radical (unpaired) electrons. The van der Waals surface area contributed by atoms with Crippen LogP contribution in [-0.4, -0.2) is 12.6 Å². The molecule has 0 fully saturated rings. The summed E-state index contributed by atoms with van der Waals surface area (Å²) in [6, 6.07) is 14.9. The van der Waals surface area contributed by atoms with E-state index in [1.807, 2.05) is 0 Å². The minimum Gasteiger partial charge on any atom is -0.482 e. The molecule has 0 amide bonds. The SMILES string of the molecule is C=Cc1ccc(OC(=O)COc2ccc3oc(=O)ccc3c2)cc1. The second-order valence-corrected chi connectivity index (χ2v) is 4.99. The van der Waals surface area contributed by atoms with E-state index in [1.54, 1.807) is 54.6 Å². The van der Waals surface area contributed by atoms with Crippen molar-refractivity contribution in [1.82, 2.24) is 0 Å². The highest BCUT2D eigenvalue weighted by atomic mass is 16.6. The van der Waals surface area contributed by atoms with Crippen LogP contribution in [-0.2, 0) is 4.79 Å². The van der Waals surface area contributed by atoms with Gasteiger partial charge in [-0.3, -0.25) is 0 Å². The van der Waals surface area contributed by atoms with Gasteiger partial charge in [0.25, 0.3) is 0 Å². The van der Waals surface area contributed by atoms with E-state index < -0.39 is 11.6 Å². The maximum absolute atomic E-state index is 11.8. The van der Waals surface area contributed by atoms with Gasteiger partial charge in [0, 0.05) is 11.5 Å². The molecule has 0 spiro atoms. The fourth-order valence-corrected chi connectivity index (χ4v) is 2.11. The second-order valence-electron chi connectivity index (χ2n) is 4.99. The second kappa shape index (κ2) is 6.83. The van der Waals surface area contributed by atoms with Crippen LogP contribution in [0.3, 0.4) is 0 Å². The van der Waals surface area contributed by atoms with Gasteiger partial charge in [0.2, 0.25) is 0 Å². The number of benzene rings is 2. The molecule has 5 heteroatoms. The molecule has 24 heavy (non-hydrogen) atoms. The fourth-order valence-electron chi connectivity index (χ4n) is 2.11. The molecular formula is C19H14O5. The molecule has 0 atom stereocenters. The van der Waals surface area contributed by atoms with Crippen LogP contribution in [0, 0.1) is 0 Å². The first kappa shape index (κ1) is 15.6. The Balaban J connectivity index is 1.62. The van der Waals surface area contributed by atoms with E-state index >= 15 is 0 Å². The van der Waals surface area contributed by atoms with Gasteiger partial charge in [-0.2, -0.15) is 0 Å². The standard InChI is InChI=1S/C19H14O5/c1-2-13-3-6-15(7-4-13)23-19(21)12-22-16-8-9-17-14(11-16)5-10-18(20)24-17/h2-11H,1,12H2. The van der Waals surface area contributed by atoms with Gasteiger partial charge in [-0.05, 0) is 42.0 Å². The number of fused-ring (bicyclic) bond motifs is 1. The zero-order valence-electron chi connectivity index (χ0n) is 12.7. The molecular weight excluding hydrogens is 308 g/mol. The van der Waals surface area contributed by atoms with Gasteiger partial charge in [-0.15, -0.1) is 0 Å². The molecule has 1 heterocycles. The van der Waals surface area contributed by atoms with E-state index in [2.05, 4.69) is 6.58 Å². The summed E-state index contributed by atoms with van der Waals surface area (Å²) in [4.78, 5) is 23.0. The lowest BCUT2D eigenvalue weighted by molar-refractivity contribution is -0.136. The summed E-state index contributed by atoms with van der Waals surface area (Å²) in [6.07, 6.45) is 1.70. The molecule has 0 aliphatic heterocycles. The first-order chi connectivity index (χ1) is 11.6. The molecule has 0 aliphatic rings. The third kappa shape index (κ3) is 3.70. The third-order valence-electron chi connectivity index (χ3n) is 3.29. The van der Waals surface area contributed by atoms with Crippen LogP contribution in [0.25, 0.3) is 17.0 Å². The van der Waals surface area contributed by atoms with Crippen LogP contribution in [0.4, 0.5) is 0 Å². The number of hydrogen-bond acceptors (Lipinski definition) is 5. The Bertz CT molecular complexity index is 938. The number of ether oxygens (including phenoxy) is 2. The Kier molecular flexibility index (Phi) is 4.43. The molecule has 0 bridgehead atoms. The quantitative estimate of drug-likeness (QED) is 0.409. The van der Waals surface area contributed by atoms with Crippen LogP contribution < -0.4 is 15.1 Å². The Morgan fingerprint density at radius 1 is 1.04 bits per heavy atom. The van der Waals surface area contributed by atoms with Crippen molar-refractivity contribution in [2.45, 2.75) is 0 Å². The summed E-state index contributed by atoms with van der Waals surface area (Å²) in [5.74, 6) is 0.408. The third-order valence-corrected chi connectivity index (χ3v) is 3.29. The Morgan fingerprint density at radius 2 is 1.79 bits per heavy atom. The van der Waals surface area contributed by atoms with Crippen molar-refractivity contribution < 1.29 is 18.7 Å². The molecule has 0 saturated carbocycles. The molecule has 3 aromatic rings. The van der Waals surface area contributed by atoms with E-state index in [4.69, 9.17) is 13.9 Å². The maximum atomic E-state index is 11.8. The summed E-state index contributed by atoms with van der Waals surface area (Å²) in [6.45, 7) is 3.43. The molecule has 0 aliphatic carbocycles. The highest BCUT2D eigenvalue weighted by Crippen LogP contribution is 2.19. The minimum atomic E-state index is -0.513. The molecule has 3 rings (SSSR count). The zero-order chi connectivity index (χ0) is 16.9. The highest BCUT2D eigenvalue weighted by molar-refractivity contribution is 5.78. The molecule has 120 valence electrons. The summed E-state index contributed by atoms with van der Waals surface area (Å²) >= 11 is 0. The molecule has 0 unspecified atom stereocenters. The molecule has 2 aromatic carbocycles. The number of rotatable bonds is 5. The van der Waals surface area contributed by atoms with Crippen molar-refractivity contribution in [2.75, 3.05) is 6.61 Å². The predicted molar refractivity (Wildman–Crippen MR) is 90.1 cm³/mol. The van der Waals surface area contributed by atoms with Gasteiger partial charge < -0.3 is 13.9 Å². The molecule has 0 saturated heterocycles. The lowest BCUT2D eigenvalue weighted by Crippen LogP contribution is -2.17. The number of carbonyl (C=O) groups excluding carboxylic acids is 1. The highest BCUT2D eigenvalue weighted by Gasteiger charge is 2.07. The van der Waals surface area contributed by atoms with E-state index in [-0.39, 0.29) is 6.61 Å². The summed E-state index contributed by atoms with van der Waals surface area (Å²) in [5.41, 5.74) is 0.982. The normalized spacial score (nSPS) is 10.3. The lowest BCUT2D eigenvalue weighted by Gasteiger charge is -2.07. The van der Waals surface area contributed by atoms with Gasteiger partial charge in [-0.1, -0.05) is 24.8 Å². The topological polar surface area (TPSA) is 65.7 Å². The Labute approximate surface area is 137 Å². The van der Waals surface area contributed by atoms with Crippen LogP contribution >= 0.6 is 0 Å². The maximum Gasteiger partial charge on any atom is 0.349 e. The van der Waals surface area contributed by atoms with Gasteiger partial charge in [0.1, 0.15) is 17.1 Å². The van der Waals surface area contributed by atoms with Crippen LogP contribution in [0.5, 0.6) is 11.5 Å². The van der Waals surface area contributed by atoms with Gasteiger partial charge >= 0.3 is 11.6 Å². The van der Waals surface area contributed by atoms with Crippen molar-refractivity contribution in [3.05, 3.63) is 77.2 Å². The molecule has 5 nitrogen and oxygen atoms in total. The van der Waals surface area contributed by atoms with Gasteiger partial charge in [0.05, 0.1) is 0 Å². The fraction of sp³-hybridized carbons (Fsp3) is 0.0526. The van der Waals surface area contributed by atoms with Crippen LogP contribution in [0.15, 0.2) is 70.4 Å². The van der Waals surface area contributed by atoms with E-state index in [9.17, 15) is 9.59 Å². The van der Waals surface area contributed by atoms with Crippen LogP contribution in [0.2, 0.25) is 0 Å². The smallest absolute Gasteiger partial charge is 0.349 e. The van der Waals surface area contributed by atoms with Crippen molar-refractivity contribution in [3.63, 3.8) is 0 Å². The van der Waals surface area contributed by atoms with E-state index in [1.165, 1.54) is 6.07 Å². The summed E-state index contributed by atoms with van der Waals surface area (Å²) in [5, 5.41) is 0.709. The molecule has 1 aromatic heterocycles.